The van der Waals surface area contributed by atoms with Gasteiger partial charge in [-0.25, -0.2) is 14.1 Å². The molecule has 0 fully saturated rings. The van der Waals surface area contributed by atoms with E-state index in [1.807, 2.05) is 11.6 Å². The lowest BCUT2D eigenvalue weighted by atomic mass is 10.1. The van der Waals surface area contributed by atoms with Crippen molar-refractivity contribution >= 4 is 11.6 Å². The number of amides is 1. The number of benzene rings is 1. The van der Waals surface area contributed by atoms with Crippen LogP contribution >= 0.6 is 0 Å². The van der Waals surface area contributed by atoms with Crippen LogP contribution in [0.15, 0.2) is 18.2 Å². The van der Waals surface area contributed by atoms with E-state index in [4.69, 9.17) is 0 Å². The fourth-order valence-corrected chi connectivity index (χ4v) is 2.86. The molecule has 122 valence electrons. The van der Waals surface area contributed by atoms with Crippen molar-refractivity contribution in [3.63, 3.8) is 0 Å². The molecule has 1 aromatic carbocycles. The Kier molecular flexibility index (Phi) is 4.02. The predicted octanol–water partition coefficient (Wildman–Crippen LogP) is 2.06. The molecule has 3 rings (SSSR count). The van der Waals surface area contributed by atoms with Gasteiger partial charge in [0.25, 0.3) is 5.91 Å². The minimum atomic E-state index is -0.412. The fraction of sp³-hybridized carbons (Fsp3) is 0.438. The normalized spacial score (nSPS) is 16.8. The summed E-state index contributed by atoms with van der Waals surface area (Å²) in [7, 11) is 3.52. The van der Waals surface area contributed by atoms with Crippen LogP contribution in [0.1, 0.15) is 40.9 Å². The summed E-state index contributed by atoms with van der Waals surface area (Å²) in [4.78, 5) is 18.5. The maximum Gasteiger partial charge on any atom is 0.251 e. The third kappa shape index (κ3) is 3.04. The van der Waals surface area contributed by atoms with Crippen LogP contribution in [0, 0.1) is 12.7 Å². The Morgan fingerprint density at radius 1 is 1.43 bits per heavy atom. The lowest BCUT2D eigenvalue weighted by Crippen LogP contribution is -2.33. The van der Waals surface area contributed by atoms with Gasteiger partial charge in [0.15, 0.2) is 0 Å². The van der Waals surface area contributed by atoms with Crippen molar-refractivity contribution < 1.29 is 9.18 Å². The van der Waals surface area contributed by atoms with Gasteiger partial charge in [0, 0.05) is 26.2 Å². The van der Waals surface area contributed by atoms with Gasteiger partial charge in [0.1, 0.15) is 17.5 Å². The maximum atomic E-state index is 14.0. The Hall–Kier alpha value is -2.44. The zero-order chi connectivity index (χ0) is 16.6. The van der Waals surface area contributed by atoms with Gasteiger partial charge in [-0.1, -0.05) is 0 Å². The lowest BCUT2D eigenvalue weighted by Gasteiger charge is -2.23. The number of halogens is 1. The molecule has 0 spiro atoms. The second kappa shape index (κ2) is 5.98. The Morgan fingerprint density at radius 3 is 2.91 bits per heavy atom. The Bertz CT molecular complexity index is 740. The minimum Gasteiger partial charge on any atom is -0.375 e. The number of fused-ring (bicyclic) bond motifs is 1. The summed E-state index contributed by atoms with van der Waals surface area (Å²) in [6.07, 6.45) is 1.73. The molecule has 2 aromatic rings. The Morgan fingerprint density at radius 2 is 2.22 bits per heavy atom. The number of carbonyl (C=O) groups excluding carboxylic acids is 1. The number of nitrogens with zero attached hydrogens (tertiary/aromatic N) is 4. The van der Waals surface area contributed by atoms with Crippen LogP contribution in [0.3, 0.4) is 0 Å². The van der Waals surface area contributed by atoms with E-state index < -0.39 is 5.82 Å². The first-order valence-electron chi connectivity index (χ1n) is 7.65. The van der Waals surface area contributed by atoms with Gasteiger partial charge in [-0.2, -0.15) is 5.10 Å². The van der Waals surface area contributed by atoms with Crippen molar-refractivity contribution in [2.75, 3.05) is 19.0 Å². The molecule has 1 aromatic heterocycles. The van der Waals surface area contributed by atoms with Gasteiger partial charge in [0.05, 0.1) is 11.7 Å². The second-order valence-corrected chi connectivity index (χ2v) is 5.97. The van der Waals surface area contributed by atoms with E-state index in [1.54, 1.807) is 31.1 Å². The van der Waals surface area contributed by atoms with Crippen LogP contribution in [0.2, 0.25) is 0 Å². The Labute approximate surface area is 134 Å². The number of rotatable bonds is 3. The number of hydrogen-bond donors (Lipinski definition) is 1. The molecule has 0 aliphatic carbocycles. The fourth-order valence-electron chi connectivity index (χ4n) is 2.86. The van der Waals surface area contributed by atoms with Crippen LogP contribution in [-0.4, -0.2) is 34.8 Å². The van der Waals surface area contributed by atoms with E-state index >= 15 is 0 Å². The molecular weight excluding hydrogens is 297 g/mol. The van der Waals surface area contributed by atoms with E-state index in [-0.39, 0.29) is 11.9 Å². The molecule has 7 heteroatoms. The smallest absolute Gasteiger partial charge is 0.251 e. The third-order valence-corrected chi connectivity index (χ3v) is 3.98. The number of nitrogens with one attached hydrogen (secondary N) is 1. The summed E-state index contributed by atoms with van der Waals surface area (Å²) in [6.45, 7) is 2.65. The summed E-state index contributed by atoms with van der Waals surface area (Å²) in [5.74, 6) is 0.758. The first-order chi connectivity index (χ1) is 11.0. The molecule has 1 N–H and O–H groups in total. The number of anilines is 1. The first-order valence-corrected chi connectivity index (χ1v) is 7.65. The zero-order valence-corrected chi connectivity index (χ0v) is 13.5. The van der Waals surface area contributed by atoms with Gasteiger partial charge in [0.2, 0.25) is 0 Å². The summed E-state index contributed by atoms with van der Waals surface area (Å²) in [6, 6.07) is 4.32. The summed E-state index contributed by atoms with van der Waals surface area (Å²) < 4.78 is 15.9. The van der Waals surface area contributed by atoms with Crippen LogP contribution < -0.4 is 10.2 Å². The number of hydrogen-bond acceptors (Lipinski definition) is 4. The van der Waals surface area contributed by atoms with Crippen molar-refractivity contribution in [3.05, 3.63) is 41.2 Å². The van der Waals surface area contributed by atoms with Gasteiger partial charge >= 0.3 is 0 Å². The van der Waals surface area contributed by atoms with E-state index in [1.165, 1.54) is 6.07 Å². The number of aromatic nitrogens is 3. The molecule has 6 nitrogen and oxygen atoms in total. The van der Waals surface area contributed by atoms with Gasteiger partial charge in [-0.05, 0) is 38.0 Å². The molecule has 0 saturated carbocycles. The Balaban J connectivity index is 1.79. The van der Waals surface area contributed by atoms with Crippen LogP contribution in [0.25, 0.3) is 0 Å². The molecule has 1 aliphatic heterocycles. The van der Waals surface area contributed by atoms with Crippen LogP contribution in [0.4, 0.5) is 10.1 Å². The highest BCUT2D eigenvalue weighted by Crippen LogP contribution is 2.24. The molecule has 1 unspecified atom stereocenters. The lowest BCUT2D eigenvalue weighted by molar-refractivity contribution is 0.0927. The number of carbonyl (C=O) groups is 1. The second-order valence-electron chi connectivity index (χ2n) is 5.97. The van der Waals surface area contributed by atoms with E-state index in [9.17, 15) is 9.18 Å². The summed E-state index contributed by atoms with van der Waals surface area (Å²) in [5.41, 5.74) is 0.760. The van der Waals surface area contributed by atoms with Gasteiger partial charge in [-0.3, -0.25) is 4.79 Å². The first kappa shape index (κ1) is 15.5. The highest BCUT2D eigenvalue weighted by Gasteiger charge is 2.25. The van der Waals surface area contributed by atoms with Gasteiger partial charge < -0.3 is 10.2 Å². The molecule has 1 atom stereocenters. The SMILES string of the molecule is Cc1nc2n(n1)CCCC2NC(=O)c1ccc(N(C)C)c(F)c1. The standard InChI is InChI=1S/C16H20FN5O/c1-10-18-15-13(5-4-8-22(15)20-10)19-16(23)11-6-7-14(21(2)3)12(17)9-11/h6-7,9,13H,4-5,8H2,1-3H3,(H,19,23). The van der Waals surface area contributed by atoms with Crippen molar-refractivity contribution in [2.45, 2.75) is 32.4 Å². The highest BCUT2D eigenvalue weighted by atomic mass is 19.1. The largest absolute Gasteiger partial charge is 0.375 e. The quantitative estimate of drug-likeness (QED) is 0.941. The molecule has 1 aliphatic rings. The van der Waals surface area contributed by atoms with E-state index in [0.717, 1.165) is 25.2 Å². The highest BCUT2D eigenvalue weighted by molar-refractivity contribution is 5.94. The monoisotopic (exact) mass is 317 g/mol. The van der Waals surface area contributed by atoms with Crippen molar-refractivity contribution in [3.8, 4) is 0 Å². The van der Waals surface area contributed by atoms with Crippen LogP contribution in [-0.2, 0) is 6.54 Å². The molecule has 1 amide bonds. The van der Waals surface area contributed by atoms with Crippen molar-refractivity contribution in [2.24, 2.45) is 0 Å². The van der Waals surface area contributed by atoms with E-state index in [0.29, 0.717) is 17.1 Å². The van der Waals surface area contributed by atoms with E-state index in [2.05, 4.69) is 15.4 Å². The molecular formula is C16H20FN5O. The zero-order valence-electron chi connectivity index (χ0n) is 13.5. The average Bonchev–Trinajstić information content (AvgIpc) is 2.88. The van der Waals surface area contributed by atoms with Gasteiger partial charge in [-0.15, -0.1) is 0 Å². The predicted molar refractivity (Wildman–Crippen MR) is 84.9 cm³/mol. The topological polar surface area (TPSA) is 63.1 Å². The number of aryl methyl sites for hydroxylation is 2. The minimum absolute atomic E-state index is 0.186. The molecule has 0 bridgehead atoms. The van der Waals surface area contributed by atoms with Crippen molar-refractivity contribution in [1.29, 1.82) is 0 Å². The van der Waals surface area contributed by atoms with Crippen LogP contribution in [0.5, 0.6) is 0 Å². The maximum absolute atomic E-state index is 14.0. The summed E-state index contributed by atoms with van der Waals surface area (Å²) >= 11 is 0. The average molecular weight is 317 g/mol. The molecule has 2 heterocycles. The summed E-state index contributed by atoms with van der Waals surface area (Å²) in [5, 5.41) is 7.25. The molecule has 0 radical (unpaired) electrons. The third-order valence-electron chi connectivity index (χ3n) is 3.98. The molecule has 23 heavy (non-hydrogen) atoms. The molecule has 0 saturated heterocycles. The van der Waals surface area contributed by atoms with Crippen molar-refractivity contribution in [1.82, 2.24) is 20.1 Å².